The maximum Gasteiger partial charge on any atom is 0.153 e. The molecule has 4 nitrogen and oxygen atoms in total. The molecular weight excluding hydrogens is 242 g/mol. The van der Waals surface area contributed by atoms with E-state index in [2.05, 4.69) is 16.2 Å². The Balaban J connectivity index is 2.82. The second-order valence-electron chi connectivity index (χ2n) is 3.47. The molecule has 92 valence electrons. The van der Waals surface area contributed by atoms with E-state index in [1.807, 2.05) is 6.26 Å². The van der Waals surface area contributed by atoms with E-state index < -0.39 is 0 Å². The van der Waals surface area contributed by atoms with Crippen LogP contribution >= 0.6 is 23.3 Å². The monoisotopic (exact) mass is 261 g/mol. The van der Waals surface area contributed by atoms with Crippen LogP contribution in [0.5, 0.6) is 0 Å². The Kier molecular flexibility index (Phi) is 5.94. The standard InChI is InChI=1S/C10H19N3OS2/c1-3-4-5-13(6-7-14)10-8(15-2)9(11)12-16-10/h14H,3-7H2,1-2H3,(H2,11,12). The summed E-state index contributed by atoms with van der Waals surface area (Å²) in [4.78, 5) is 3.21. The molecule has 6 heteroatoms. The average molecular weight is 261 g/mol. The molecule has 0 aliphatic heterocycles. The molecule has 0 amide bonds. The number of nitrogens with two attached hydrogens (primary N) is 1. The summed E-state index contributed by atoms with van der Waals surface area (Å²) in [6, 6.07) is 0. The molecule has 0 radical (unpaired) electrons. The fourth-order valence-corrected chi connectivity index (χ4v) is 3.20. The first-order valence-electron chi connectivity index (χ1n) is 5.39. The SMILES string of the molecule is CCCCN(CCO)c1snc(N)c1SC. The summed E-state index contributed by atoms with van der Waals surface area (Å²) < 4.78 is 4.17. The summed E-state index contributed by atoms with van der Waals surface area (Å²) in [5.41, 5.74) is 5.80. The Morgan fingerprint density at radius 1 is 1.50 bits per heavy atom. The summed E-state index contributed by atoms with van der Waals surface area (Å²) in [7, 11) is 0. The van der Waals surface area contributed by atoms with Gasteiger partial charge in [-0.15, -0.1) is 11.8 Å². The first-order chi connectivity index (χ1) is 7.74. The molecular formula is C10H19N3OS2. The maximum absolute atomic E-state index is 9.07. The van der Waals surface area contributed by atoms with Crippen molar-refractivity contribution in [1.82, 2.24) is 4.37 Å². The zero-order chi connectivity index (χ0) is 12.0. The molecule has 0 atom stereocenters. The number of unbranched alkanes of at least 4 members (excludes halogenated alkanes) is 1. The van der Waals surface area contributed by atoms with Crippen LogP contribution < -0.4 is 10.6 Å². The first-order valence-corrected chi connectivity index (χ1v) is 7.39. The topological polar surface area (TPSA) is 62.4 Å². The molecule has 0 saturated carbocycles. The molecule has 0 aromatic carbocycles. The molecule has 16 heavy (non-hydrogen) atoms. The third-order valence-electron chi connectivity index (χ3n) is 2.30. The number of nitrogen functional groups attached to an aromatic ring is 1. The fourth-order valence-electron chi connectivity index (χ4n) is 1.46. The highest BCUT2D eigenvalue weighted by Crippen LogP contribution is 2.37. The van der Waals surface area contributed by atoms with Crippen LogP contribution in [0.1, 0.15) is 19.8 Å². The maximum atomic E-state index is 9.07. The van der Waals surface area contributed by atoms with Gasteiger partial charge in [0.1, 0.15) is 5.00 Å². The summed E-state index contributed by atoms with van der Waals surface area (Å²) >= 11 is 3.03. The highest BCUT2D eigenvalue weighted by molar-refractivity contribution is 7.99. The van der Waals surface area contributed by atoms with Crippen molar-refractivity contribution in [2.45, 2.75) is 24.7 Å². The van der Waals surface area contributed by atoms with Crippen LogP contribution in [0.15, 0.2) is 4.90 Å². The lowest BCUT2D eigenvalue weighted by atomic mass is 10.3. The minimum Gasteiger partial charge on any atom is -0.395 e. The first kappa shape index (κ1) is 13.6. The molecule has 0 aliphatic carbocycles. The van der Waals surface area contributed by atoms with Crippen molar-refractivity contribution in [1.29, 1.82) is 0 Å². The van der Waals surface area contributed by atoms with Crippen LogP contribution in [0.25, 0.3) is 0 Å². The van der Waals surface area contributed by atoms with E-state index in [9.17, 15) is 0 Å². The molecule has 0 spiro atoms. The summed E-state index contributed by atoms with van der Waals surface area (Å²) in [6.07, 6.45) is 4.26. The molecule has 0 aliphatic rings. The third-order valence-corrected chi connectivity index (χ3v) is 4.16. The normalized spacial score (nSPS) is 10.7. The largest absolute Gasteiger partial charge is 0.395 e. The number of thioether (sulfide) groups is 1. The second-order valence-corrected chi connectivity index (χ2v) is 5.04. The Bertz CT molecular complexity index is 317. The molecule has 0 fully saturated rings. The van der Waals surface area contributed by atoms with Gasteiger partial charge < -0.3 is 15.7 Å². The van der Waals surface area contributed by atoms with Crippen molar-refractivity contribution in [2.24, 2.45) is 0 Å². The number of aliphatic hydroxyl groups excluding tert-OH is 1. The minimum absolute atomic E-state index is 0.162. The van der Waals surface area contributed by atoms with E-state index >= 15 is 0 Å². The van der Waals surface area contributed by atoms with Crippen molar-refractivity contribution in [3.63, 3.8) is 0 Å². The van der Waals surface area contributed by atoms with Crippen LogP contribution in [0.4, 0.5) is 10.8 Å². The van der Waals surface area contributed by atoms with Crippen LogP contribution in [0, 0.1) is 0 Å². The summed E-state index contributed by atoms with van der Waals surface area (Å²) in [6.45, 7) is 3.92. The van der Waals surface area contributed by atoms with Gasteiger partial charge in [-0.25, -0.2) is 0 Å². The highest BCUT2D eigenvalue weighted by atomic mass is 32.2. The number of aliphatic hydroxyl groups is 1. The van der Waals surface area contributed by atoms with Gasteiger partial charge in [-0.1, -0.05) is 13.3 Å². The molecule has 1 aromatic heterocycles. The van der Waals surface area contributed by atoms with Crippen LogP contribution in [0.2, 0.25) is 0 Å². The Morgan fingerprint density at radius 3 is 2.81 bits per heavy atom. The zero-order valence-electron chi connectivity index (χ0n) is 9.77. The van der Waals surface area contributed by atoms with Gasteiger partial charge in [0.25, 0.3) is 0 Å². The van der Waals surface area contributed by atoms with E-state index in [4.69, 9.17) is 10.8 Å². The van der Waals surface area contributed by atoms with Gasteiger partial charge in [-0.05, 0) is 24.2 Å². The van der Waals surface area contributed by atoms with Crippen molar-refractivity contribution in [2.75, 3.05) is 36.6 Å². The highest BCUT2D eigenvalue weighted by Gasteiger charge is 2.16. The van der Waals surface area contributed by atoms with E-state index in [1.165, 1.54) is 11.5 Å². The Morgan fingerprint density at radius 2 is 2.25 bits per heavy atom. The lowest BCUT2D eigenvalue weighted by Gasteiger charge is -2.22. The molecule has 0 saturated heterocycles. The number of anilines is 2. The van der Waals surface area contributed by atoms with Crippen LogP contribution in [-0.4, -0.2) is 35.4 Å². The number of rotatable bonds is 7. The molecule has 0 bridgehead atoms. The lowest BCUT2D eigenvalue weighted by Crippen LogP contribution is -2.27. The van der Waals surface area contributed by atoms with Gasteiger partial charge in [-0.2, -0.15) is 4.37 Å². The van der Waals surface area contributed by atoms with Gasteiger partial charge in [0.15, 0.2) is 5.82 Å². The van der Waals surface area contributed by atoms with Crippen molar-refractivity contribution >= 4 is 34.1 Å². The van der Waals surface area contributed by atoms with Gasteiger partial charge in [-0.3, -0.25) is 0 Å². The average Bonchev–Trinajstić information content (AvgIpc) is 2.65. The van der Waals surface area contributed by atoms with Crippen LogP contribution in [-0.2, 0) is 0 Å². The molecule has 0 unspecified atom stereocenters. The number of aromatic nitrogens is 1. The third kappa shape index (κ3) is 3.26. The Labute approximate surface area is 105 Å². The predicted octanol–water partition coefficient (Wildman–Crippen LogP) is 2.05. The summed E-state index contributed by atoms with van der Waals surface area (Å²) in [5, 5.41) is 10.2. The van der Waals surface area contributed by atoms with E-state index in [1.54, 1.807) is 11.8 Å². The zero-order valence-corrected chi connectivity index (χ0v) is 11.4. The van der Waals surface area contributed by atoms with E-state index in [-0.39, 0.29) is 6.61 Å². The summed E-state index contributed by atoms with van der Waals surface area (Å²) in [5.74, 6) is 0.604. The smallest absolute Gasteiger partial charge is 0.153 e. The van der Waals surface area contributed by atoms with E-state index in [0.29, 0.717) is 12.4 Å². The Hall–Kier alpha value is -0.460. The van der Waals surface area contributed by atoms with Crippen LogP contribution in [0.3, 0.4) is 0 Å². The second kappa shape index (κ2) is 6.98. The van der Waals surface area contributed by atoms with Gasteiger partial charge in [0, 0.05) is 13.1 Å². The fraction of sp³-hybridized carbons (Fsp3) is 0.700. The van der Waals surface area contributed by atoms with Gasteiger partial charge in [0.05, 0.1) is 11.5 Å². The minimum atomic E-state index is 0.162. The van der Waals surface area contributed by atoms with Gasteiger partial charge >= 0.3 is 0 Å². The molecule has 1 rings (SSSR count). The number of hydrogen-bond donors (Lipinski definition) is 2. The van der Waals surface area contributed by atoms with E-state index in [0.717, 1.165) is 29.3 Å². The van der Waals surface area contributed by atoms with Gasteiger partial charge in [0.2, 0.25) is 0 Å². The molecule has 1 aromatic rings. The molecule has 1 heterocycles. The van der Waals surface area contributed by atoms with Crippen molar-refractivity contribution < 1.29 is 5.11 Å². The quantitative estimate of drug-likeness (QED) is 0.736. The molecule has 3 N–H and O–H groups in total. The van der Waals surface area contributed by atoms with Crippen molar-refractivity contribution in [3.05, 3.63) is 0 Å². The number of hydrogen-bond acceptors (Lipinski definition) is 6. The lowest BCUT2D eigenvalue weighted by molar-refractivity contribution is 0.301. The predicted molar refractivity (Wildman–Crippen MR) is 72.5 cm³/mol. The van der Waals surface area contributed by atoms with Crippen molar-refractivity contribution in [3.8, 4) is 0 Å². The number of nitrogens with zero attached hydrogens (tertiary/aromatic N) is 2.